The number of ether oxygens (including phenoxy) is 2. The van der Waals surface area contributed by atoms with Crippen LogP contribution in [-0.2, 0) is 36.7 Å². The summed E-state index contributed by atoms with van der Waals surface area (Å²) in [6.45, 7) is 7.18. The molecular weight excluding hydrogens is 498 g/mol. The molecule has 0 saturated heterocycles. The fourth-order valence-corrected chi connectivity index (χ4v) is 3.91. The van der Waals surface area contributed by atoms with E-state index in [4.69, 9.17) is 9.47 Å². The minimum Gasteiger partial charge on any atom is -0.467 e. The van der Waals surface area contributed by atoms with E-state index < -0.39 is 47.6 Å². The number of carbonyl (C=O) groups is 4. The monoisotopic (exact) mass is 539 g/mol. The van der Waals surface area contributed by atoms with Gasteiger partial charge in [-0.05, 0) is 38.3 Å². The molecule has 0 aliphatic carbocycles. The lowest BCUT2D eigenvalue weighted by atomic mass is 10.0. The maximum atomic E-state index is 13.5. The zero-order chi connectivity index (χ0) is 28.8. The standard InChI is InChI=1S/C30H41N3O6/c1-6-7-18-23(28(36)38-5)31-26(34)24(19-21-14-10-8-11-15-21)32-27(35)25(20-22-16-12-9-13-17-22)33-29(37)39-30(2,3)4/h8-17,23-25H,6-7,18-20H2,1-5H3,(H,31,34)(H,32,35)(H,33,37)/t23-,24-,25-/m1/s1. The second-order valence-electron chi connectivity index (χ2n) is 10.4. The van der Waals surface area contributed by atoms with Crippen molar-refractivity contribution in [3.63, 3.8) is 0 Å². The summed E-state index contributed by atoms with van der Waals surface area (Å²) in [5.74, 6) is -1.62. The van der Waals surface area contributed by atoms with Crippen LogP contribution in [0.4, 0.5) is 4.79 Å². The second-order valence-corrected chi connectivity index (χ2v) is 10.4. The van der Waals surface area contributed by atoms with Crippen molar-refractivity contribution in [3.8, 4) is 0 Å². The van der Waals surface area contributed by atoms with Gasteiger partial charge in [-0.15, -0.1) is 0 Å². The first-order valence-corrected chi connectivity index (χ1v) is 13.3. The predicted octanol–water partition coefficient (Wildman–Crippen LogP) is 3.70. The van der Waals surface area contributed by atoms with Gasteiger partial charge in [0.05, 0.1) is 7.11 Å². The Kier molecular flexibility index (Phi) is 12.5. The number of carbonyl (C=O) groups excluding carboxylic acids is 4. The molecule has 2 rings (SSSR count). The quantitative estimate of drug-likeness (QED) is 0.334. The summed E-state index contributed by atoms with van der Waals surface area (Å²) in [7, 11) is 1.27. The number of unbranched alkanes of at least 4 members (excludes halogenated alkanes) is 1. The van der Waals surface area contributed by atoms with Crippen molar-refractivity contribution in [2.45, 2.75) is 83.5 Å². The van der Waals surface area contributed by atoms with Gasteiger partial charge in [-0.2, -0.15) is 0 Å². The number of methoxy groups -OCH3 is 1. The first-order valence-electron chi connectivity index (χ1n) is 13.3. The molecule has 9 nitrogen and oxygen atoms in total. The lowest BCUT2D eigenvalue weighted by molar-refractivity contribution is -0.145. The molecule has 2 aromatic rings. The number of hydrogen-bond acceptors (Lipinski definition) is 6. The molecule has 0 aliphatic rings. The van der Waals surface area contributed by atoms with Gasteiger partial charge in [0.25, 0.3) is 0 Å². The average Bonchev–Trinajstić information content (AvgIpc) is 2.89. The number of rotatable bonds is 13. The normalized spacial score (nSPS) is 13.4. The molecule has 0 heterocycles. The number of benzene rings is 2. The number of amides is 3. The van der Waals surface area contributed by atoms with Crippen molar-refractivity contribution in [1.82, 2.24) is 16.0 Å². The van der Waals surface area contributed by atoms with Crippen LogP contribution in [0.5, 0.6) is 0 Å². The third-order valence-corrected chi connectivity index (χ3v) is 5.85. The SMILES string of the molecule is CCCC[C@@H](NC(=O)[C@@H](Cc1ccccc1)NC(=O)[C@@H](Cc1ccccc1)NC(=O)OC(C)(C)C)C(=O)OC. The van der Waals surface area contributed by atoms with Crippen LogP contribution in [0.15, 0.2) is 60.7 Å². The molecule has 0 spiro atoms. The summed E-state index contributed by atoms with van der Waals surface area (Å²) in [5.41, 5.74) is 0.888. The van der Waals surface area contributed by atoms with Gasteiger partial charge in [-0.25, -0.2) is 9.59 Å². The van der Waals surface area contributed by atoms with Crippen LogP contribution in [0.3, 0.4) is 0 Å². The zero-order valence-corrected chi connectivity index (χ0v) is 23.5. The van der Waals surface area contributed by atoms with Crippen molar-refractivity contribution < 1.29 is 28.7 Å². The van der Waals surface area contributed by atoms with Crippen molar-refractivity contribution in [2.75, 3.05) is 7.11 Å². The molecule has 0 aromatic heterocycles. The van der Waals surface area contributed by atoms with E-state index in [1.165, 1.54) is 7.11 Å². The Hall–Kier alpha value is -3.88. The third-order valence-electron chi connectivity index (χ3n) is 5.85. The van der Waals surface area contributed by atoms with Crippen LogP contribution < -0.4 is 16.0 Å². The highest BCUT2D eigenvalue weighted by Gasteiger charge is 2.31. The Labute approximate surface area is 231 Å². The summed E-state index contributed by atoms with van der Waals surface area (Å²) < 4.78 is 10.2. The topological polar surface area (TPSA) is 123 Å². The van der Waals surface area contributed by atoms with E-state index >= 15 is 0 Å². The van der Waals surface area contributed by atoms with Crippen molar-refractivity contribution >= 4 is 23.9 Å². The molecule has 0 radical (unpaired) electrons. The smallest absolute Gasteiger partial charge is 0.408 e. The van der Waals surface area contributed by atoms with Gasteiger partial charge in [0, 0.05) is 12.8 Å². The fraction of sp³-hybridized carbons (Fsp3) is 0.467. The highest BCUT2D eigenvalue weighted by molar-refractivity contribution is 5.93. The third kappa shape index (κ3) is 11.6. The molecule has 3 amide bonds. The van der Waals surface area contributed by atoms with Gasteiger partial charge in [0.1, 0.15) is 23.7 Å². The number of alkyl carbamates (subject to hydrolysis) is 1. The second kappa shape index (κ2) is 15.5. The van der Waals surface area contributed by atoms with Crippen LogP contribution in [0.1, 0.15) is 58.1 Å². The van der Waals surface area contributed by atoms with Gasteiger partial charge >= 0.3 is 12.1 Å². The molecule has 2 aromatic carbocycles. The van der Waals surface area contributed by atoms with Gasteiger partial charge in [-0.1, -0.05) is 80.4 Å². The summed E-state index contributed by atoms with van der Waals surface area (Å²) in [5, 5.41) is 8.19. The van der Waals surface area contributed by atoms with Crippen LogP contribution in [-0.4, -0.2) is 54.7 Å². The van der Waals surface area contributed by atoms with E-state index in [1.54, 1.807) is 20.8 Å². The largest absolute Gasteiger partial charge is 0.467 e. The predicted molar refractivity (Wildman–Crippen MR) is 149 cm³/mol. The first-order chi connectivity index (χ1) is 18.5. The van der Waals surface area contributed by atoms with Crippen LogP contribution in [0.25, 0.3) is 0 Å². The van der Waals surface area contributed by atoms with Crippen molar-refractivity contribution in [2.24, 2.45) is 0 Å². The number of nitrogens with one attached hydrogen (secondary N) is 3. The Morgan fingerprint density at radius 2 is 1.21 bits per heavy atom. The summed E-state index contributed by atoms with van der Waals surface area (Å²) in [6.07, 6.45) is 1.60. The van der Waals surface area contributed by atoms with Crippen LogP contribution >= 0.6 is 0 Å². The Morgan fingerprint density at radius 3 is 1.64 bits per heavy atom. The van der Waals surface area contributed by atoms with E-state index in [1.807, 2.05) is 67.6 Å². The Morgan fingerprint density at radius 1 is 0.744 bits per heavy atom. The maximum Gasteiger partial charge on any atom is 0.408 e. The summed E-state index contributed by atoms with van der Waals surface area (Å²) >= 11 is 0. The van der Waals surface area contributed by atoms with Gasteiger partial charge in [0.2, 0.25) is 11.8 Å². The van der Waals surface area contributed by atoms with E-state index in [0.717, 1.165) is 17.5 Å². The molecule has 0 fully saturated rings. The van der Waals surface area contributed by atoms with Gasteiger partial charge < -0.3 is 25.4 Å². The fourth-order valence-electron chi connectivity index (χ4n) is 3.91. The molecule has 39 heavy (non-hydrogen) atoms. The van der Waals surface area contributed by atoms with E-state index in [9.17, 15) is 19.2 Å². The van der Waals surface area contributed by atoms with Crippen LogP contribution in [0.2, 0.25) is 0 Å². The van der Waals surface area contributed by atoms with Gasteiger partial charge in [0.15, 0.2) is 0 Å². The first kappa shape index (κ1) is 31.3. The van der Waals surface area contributed by atoms with Crippen molar-refractivity contribution in [1.29, 1.82) is 0 Å². The summed E-state index contributed by atoms with van der Waals surface area (Å²) in [6, 6.07) is 15.6. The Bertz CT molecular complexity index is 1070. The highest BCUT2D eigenvalue weighted by Crippen LogP contribution is 2.11. The minimum atomic E-state index is -1.01. The molecule has 3 N–H and O–H groups in total. The average molecular weight is 540 g/mol. The van der Waals surface area contributed by atoms with E-state index in [0.29, 0.717) is 12.8 Å². The molecule has 0 saturated carbocycles. The minimum absolute atomic E-state index is 0.185. The van der Waals surface area contributed by atoms with Crippen LogP contribution in [0, 0.1) is 0 Å². The molecule has 0 unspecified atom stereocenters. The molecule has 0 bridgehead atoms. The highest BCUT2D eigenvalue weighted by atomic mass is 16.6. The Balaban J connectivity index is 2.29. The molecule has 9 heteroatoms. The lowest BCUT2D eigenvalue weighted by Crippen LogP contribution is -2.57. The molecular formula is C30H41N3O6. The summed E-state index contributed by atoms with van der Waals surface area (Å²) in [4.78, 5) is 51.9. The van der Waals surface area contributed by atoms with E-state index in [-0.39, 0.29) is 12.8 Å². The molecule has 212 valence electrons. The zero-order valence-electron chi connectivity index (χ0n) is 23.5. The van der Waals surface area contributed by atoms with E-state index in [2.05, 4.69) is 16.0 Å². The van der Waals surface area contributed by atoms with Gasteiger partial charge in [-0.3, -0.25) is 9.59 Å². The molecule has 3 atom stereocenters. The maximum absolute atomic E-state index is 13.5. The molecule has 0 aliphatic heterocycles. The number of hydrogen-bond donors (Lipinski definition) is 3. The lowest BCUT2D eigenvalue weighted by Gasteiger charge is -2.26. The number of esters is 1. The van der Waals surface area contributed by atoms with Crippen molar-refractivity contribution in [3.05, 3.63) is 71.8 Å².